The Morgan fingerprint density at radius 1 is 0.714 bits per heavy atom. The van der Waals surface area contributed by atoms with E-state index in [-0.39, 0.29) is 18.0 Å². The molecule has 0 atom stereocenters. The Morgan fingerprint density at radius 2 is 1.31 bits per heavy atom. The summed E-state index contributed by atoms with van der Waals surface area (Å²) >= 11 is 0. The zero-order chi connectivity index (χ0) is 24.2. The summed E-state index contributed by atoms with van der Waals surface area (Å²) in [6.45, 7) is 2.05. The summed E-state index contributed by atoms with van der Waals surface area (Å²) in [7, 11) is 0. The lowest BCUT2D eigenvalue weighted by Crippen LogP contribution is -2.03. The number of aryl methyl sites for hydroxylation is 1. The first kappa shape index (κ1) is 22.5. The molecule has 1 aliphatic carbocycles. The maximum atomic E-state index is 13.5. The molecule has 0 aliphatic heterocycles. The van der Waals surface area contributed by atoms with Crippen LogP contribution in [0.2, 0.25) is 0 Å². The Balaban J connectivity index is 1.66. The molecule has 4 aromatic rings. The molecule has 0 fully saturated rings. The Hall–Kier alpha value is -4.30. The van der Waals surface area contributed by atoms with Crippen molar-refractivity contribution in [3.8, 4) is 0 Å². The monoisotopic (exact) mass is 454 g/mol. The van der Waals surface area contributed by atoms with Gasteiger partial charge >= 0.3 is 0 Å². The lowest BCUT2D eigenvalue weighted by Gasteiger charge is -2.13. The van der Waals surface area contributed by atoms with Gasteiger partial charge in [0.1, 0.15) is 0 Å². The number of carbonyl (C=O) groups excluding carboxylic acids is 2. The minimum absolute atomic E-state index is 0.0517. The number of carbonyl (C=O) groups is 2. The van der Waals surface area contributed by atoms with Crippen molar-refractivity contribution in [2.75, 3.05) is 0 Å². The number of hydrogen-bond acceptors (Lipinski definition) is 2. The van der Waals surface area contributed by atoms with Gasteiger partial charge in [-0.2, -0.15) is 0 Å². The minimum Gasteiger partial charge on any atom is -0.294 e. The van der Waals surface area contributed by atoms with Crippen molar-refractivity contribution >= 4 is 22.7 Å². The highest BCUT2D eigenvalue weighted by molar-refractivity contribution is 6.18. The molecule has 0 heterocycles. The Kier molecular flexibility index (Phi) is 6.36. The smallest absolute Gasteiger partial charge is 0.190 e. The van der Waals surface area contributed by atoms with Crippen LogP contribution in [0.3, 0.4) is 0 Å². The molecule has 0 saturated heterocycles. The van der Waals surface area contributed by atoms with Gasteiger partial charge in [-0.3, -0.25) is 9.59 Å². The van der Waals surface area contributed by atoms with Crippen molar-refractivity contribution in [3.05, 3.63) is 154 Å². The summed E-state index contributed by atoms with van der Waals surface area (Å²) in [5, 5.41) is 0. The maximum absolute atomic E-state index is 13.5. The average Bonchev–Trinajstić information content (AvgIpc) is 3.24. The normalized spacial score (nSPS) is 14.5. The van der Waals surface area contributed by atoms with Crippen LogP contribution in [0.1, 0.15) is 49.4 Å². The fourth-order valence-corrected chi connectivity index (χ4v) is 4.59. The minimum atomic E-state index is 0.0517. The van der Waals surface area contributed by atoms with Gasteiger partial charge in [0.15, 0.2) is 11.6 Å². The van der Waals surface area contributed by atoms with E-state index in [4.69, 9.17) is 0 Å². The predicted octanol–water partition coefficient (Wildman–Crippen LogP) is 7.54. The molecule has 0 spiro atoms. The second-order valence-corrected chi connectivity index (χ2v) is 8.92. The number of benzene rings is 4. The van der Waals surface area contributed by atoms with E-state index in [1.807, 2.05) is 91.9 Å². The van der Waals surface area contributed by atoms with E-state index in [0.717, 1.165) is 44.5 Å². The fourth-order valence-electron chi connectivity index (χ4n) is 4.59. The van der Waals surface area contributed by atoms with Gasteiger partial charge in [0.2, 0.25) is 0 Å². The largest absolute Gasteiger partial charge is 0.294 e. The molecule has 0 bridgehead atoms. The first-order chi connectivity index (χ1) is 17.1. The molecule has 4 aromatic carbocycles. The number of hydrogen-bond donors (Lipinski definition) is 0. The number of fused-ring (bicyclic) bond motifs is 1. The number of rotatable bonds is 6. The van der Waals surface area contributed by atoms with E-state index in [0.29, 0.717) is 12.0 Å². The first-order valence-electron chi connectivity index (χ1n) is 11.9. The van der Waals surface area contributed by atoms with Crippen LogP contribution < -0.4 is 0 Å². The summed E-state index contributed by atoms with van der Waals surface area (Å²) in [6, 6.07) is 35.4. The van der Waals surface area contributed by atoms with E-state index in [1.54, 1.807) is 0 Å². The van der Waals surface area contributed by atoms with Crippen molar-refractivity contribution in [3.63, 3.8) is 0 Å². The molecule has 170 valence electrons. The van der Waals surface area contributed by atoms with Gasteiger partial charge in [-0.15, -0.1) is 0 Å². The van der Waals surface area contributed by atoms with Crippen molar-refractivity contribution in [1.29, 1.82) is 0 Å². The van der Waals surface area contributed by atoms with E-state index < -0.39 is 0 Å². The SMILES string of the molecule is Cc1ccc(/C(=C\C(=C2/Cc3ccccc3C2=O)c2ccccc2)CC(=O)c2ccccc2)cc1. The van der Waals surface area contributed by atoms with Gasteiger partial charge in [0, 0.05) is 29.5 Å². The third-order valence-corrected chi connectivity index (χ3v) is 6.50. The molecule has 2 nitrogen and oxygen atoms in total. The topological polar surface area (TPSA) is 34.1 Å². The number of allylic oxidation sites excluding steroid dienone is 4. The van der Waals surface area contributed by atoms with Crippen LogP contribution in [-0.4, -0.2) is 11.6 Å². The Labute approximate surface area is 206 Å². The molecule has 1 aliphatic rings. The zero-order valence-electron chi connectivity index (χ0n) is 19.7. The highest BCUT2D eigenvalue weighted by Gasteiger charge is 2.27. The molecule has 0 amide bonds. The molecule has 2 heteroatoms. The number of ketones is 2. The van der Waals surface area contributed by atoms with Crippen molar-refractivity contribution in [2.24, 2.45) is 0 Å². The summed E-state index contributed by atoms with van der Waals surface area (Å²) in [5.74, 6) is 0.115. The molecule has 0 unspecified atom stereocenters. The first-order valence-corrected chi connectivity index (χ1v) is 11.9. The summed E-state index contributed by atoms with van der Waals surface area (Å²) < 4.78 is 0. The van der Waals surface area contributed by atoms with Gasteiger partial charge in [-0.1, -0.05) is 115 Å². The highest BCUT2D eigenvalue weighted by Crippen LogP contribution is 2.35. The van der Waals surface area contributed by atoms with Crippen LogP contribution >= 0.6 is 0 Å². The van der Waals surface area contributed by atoms with Crippen LogP contribution in [0.4, 0.5) is 0 Å². The third-order valence-electron chi connectivity index (χ3n) is 6.50. The highest BCUT2D eigenvalue weighted by atomic mass is 16.1. The molecular weight excluding hydrogens is 428 g/mol. The Morgan fingerprint density at radius 3 is 1.97 bits per heavy atom. The lowest BCUT2D eigenvalue weighted by molar-refractivity contribution is 0.0997. The summed E-state index contributed by atoms with van der Waals surface area (Å²) in [6.07, 6.45) is 2.89. The molecule has 0 aromatic heterocycles. The van der Waals surface area contributed by atoms with Crippen molar-refractivity contribution < 1.29 is 9.59 Å². The Bertz CT molecular complexity index is 1440. The van der Waals surface area contributed by atoms with E-state index in [1.165, 1.54) is 0 Å². The third kappa shape index (κ3) is 4.83. The quantitative estimate of drug-likeness (QED) is 0.223. The van der Waals surface area contributed by atoms with Gasteiger partial charge in [-0.25, -0.2) is 0 Å². The van der Waals surface area contributed by atoms with Crippen molar-refractivity contribution in [2.45, 2.75) is 19.8 Å². The zero-order valence-corrected chi connectivity index (χ0v) is 19.7. The van der Waals surface area contributed by atoms with E-state index in [9.17, 15) is 9.59 Å². The molecule has 35 heavy (non-hydrogen) atoms. The predicted molar refractivity (Wildman–Crippen MR) is 142 cm³/mol. The van der Waals surface area contributed by atoms with Crippen LogP contribution in [0.5, 0.6) is 0 Å². The van der Waals surface area contributed by atoms with E-state index >= 15 is 0 Å². The molecule has 0 N–H and O–H groups in total. The van der Waals surface area contributed by atoms with Crippen molar-refractivity contribution in [1.82, 2.24) is 0 Å². The maximum Gasteiger partial charge on any atom is 0.190 e. The lowest BCUT2D eigenvalue weighted by atomic mass is 9.90. The van der Waals surface area contributed by atoms with Gasteiger partial charge in [0.25, 0.3) is 0 Å². The van der Waals surface area contributed by atoms with Crippen LogP contribution in [-0.2, 0) is 6.42 Å². The summed E-state index contributed by atoms with van der Waals surface area (Å²) in [5.41, 5.74) is 8.16. The van der Waals surface area contributed by atoms with Gasteiger partial charge in [-0.05, 0) is 40.8 Å². The van der Waals surface area contributed by atoms with Gasteiger partial charge in [0.05, 0.1) is 0 Å². The standard InChI is InChI=1S/C33H26O2/c1-23-16-18-24(19-17-23)28(22-32(34)26-12-6-3-7-13-26)21-30(25-10-4-2-5-11-25)31-20-27-14-8-9-15-29(27)33(31)35/h2-19,21H,20,22H2,1H3/b28-21-,31-30-. The average molecular weight is 455 g/mol. The molecule has 0 radical (unpaired) electrons. The van der Waals surface area contributed by atoms with Crippen LogP contribution in [0.15, 0.2) is 121 Å². The van der Waals surface area contributed by atoms with Crippen LogP contribution in [0.25, 0.3) is 11.1 Å². The fraction of sp³-hybridized carbons (Fsp3) is 0.0909. The van der Waals surface area contributed by atoms with Gasteiger partial charge < -0.3 is 0 Å². The second kappa shape index (κ2) is 9.90. The molecule has 5 rings (SSSR count). The van der Waals surface area contributed by atoms with Crippen LogP contribution in [0, 0.1) is 6.92 Å². The molecule has 0 saturated carbocycles. The number of Topliss-reactive ketones (excluding diaryl/α,β-unsaturated/α-hetero) is 2. The molecular formula is C33H26O2. The summed E-state index contributed by atoms with van der Waals surface area (Å²) in [4.78, 5) is 26.7. The second-order valence-electron chi connectivity index (χ2n) is 8.92. The van der Waals surface area contributed by atoms with E-state index in [2.05, 4.69) is 30.3 Å².